The normalized spacial score (nSPS) is 17.0. The number of piperidine rings is 1. The summed E-state index contributed by atoms with van der Waals surface area (Å²) in [5, 5.41) is 6.85. The van der Waals surface area contributed by atoms with Crippen molar-refractivity contribution in [1.82, 2.24) is 10.6 Å². The van der Waals surface area contributed by atoms with Crippen molar-refractivity contribution in [2.45, 2.75) is 32.0 Å². The van der Waals surface area contributed by atoms with Crippen molar-refractivity contribution in [2.24, 2.45) is 4.99 Å². The first-order valence-electron chi connectivity index (χ1n) is 10.3. The number of nitrogens with zero attached hydrogens (tertiary/aromatic N) is 2. The first kappa shape index (κ1) is 21.9. The number of nitrogens with one attached hydrogen (secondary N) is 2. The van der Waals surface area contributed by atoms with Gasteiger partial charge in [0.15, 0.2) is 5.96 Å². The van der Waals surface area contributed by atoms with Gasteiger partial charge in [0.25, 0.3) is 0 Å². The zero-order valence-corrected chi connectivity index (χ0v) is 18.0. The zero-order chi connectivity index (χ0) is 21.3. The highest BCUT2D eigenvalue weighted by atomic mass is 19.1. The first-order valence-corrected chi connectivity index (χ1v) is 10.3. The van der Waals surface area contributed by atoms with Crippen molar-refractivity contribution in [2.75, 3.05) is 39.3 Å². The Bertz CT molecular complexity index is 859. The summed E-state index contributed by atoms with van der Waals surface area (Å²) in [7, 11) is 5.02. The zero-order valence-electron chi connectivity index (χ0n) is 18.0. The molecule has 0 saturated carbocycles. The van der Waals surface area contributed by atoms with Crippen LogP contribution in [0.25, 0.3) is 0 Å². The van der Waals surface area contributed by atoms with Crippen molar-refractivity contribution in [3.63, 3.8) is 0 Å². The lowest BCUT2D eigenvalue weighted by Gasteiger charge is -2.35. The summed E-state index contributed by atoms with van der Waals surface area (Å²) in [6.45, 7) is 2.73. The minimum atomic E-state index is -0.247. The fourth-order valence-electron chi connectivity index (χ4n) is 3.71. The predicted molar refractivity (Wildman–Crippen MR) is 119 cm³/mol. The number of ether oxygens (including phenoxy) is 2. The van der Waals surface area contributed by atoms with Crippen LogP contribution in [0.15, 0.2) is 47.5 Å². The summed E-state index contributed by atoms with van der Waals surface area (Å²) in [4.78, 5) is 6.72. The second kappa shape index (κ2) is 10.8. The molecule has 162 valence electrons. The molecule has 0 aromatic heterocycles. The quantitative estimate of drug-likeness (QED) is 0.538. The standard InChI is InChI=1S/C23H31FN4O2/c1-25-23(26-14-17-9-10-22(24)18(12-17)16-29-2)27-19-6-5-11-28(15-19)20-7-4-8-21(13-20)30-3/h4,7-10,12-13,19H,5-6,11,14-16H2,1-3H3,(H2,25,26,27). The molecule has 7 heteroatoms. The highest BCUT2D eigenvalue weighted by Crippen LogP contribution is 2.24. The number of benzene rings is 2. The van der Waals surface area contributed by atoms with Crippen LogP contribution in [0.4, 0.5) is 10.1 Å². The minimum Gasteiger partial charge on any atom is -0.497 e. The lowest BCUT2D eigenvalue weighted by Crippen LogP contribution is -2.51. The molecule has 2 aromatic carbocycles. The molecule has 1 aliphatic rings. The Morgan fingerprint density at radius 3 is 2.87 bits per heavy atom. The Labute approximate surface area is 178 Å². The van der Waals surface area contributed by atoms with Crippen LogP contribution in [0.3, 0.4) is 0 Å². The van der Waals surface area contributed by atoms with Gasteiger partial charge in [0.05, 0.1) is 13.7 Å². The largest absolute Gasteiger partial charge is 0.497 e. The van der Waals surface area contributed by atoms with Gasteiger partial charge < -0.3 is 25.0 Å². The summed E-state index contributed by atoms with van der Waals surface area (Å²) < 4.78 is 24.2. The average Bonchev–Trinajstić information content (AvgIpc) is 2.79. The number of rotatable bonds is 7. The van der Waals surface area contributed by atoms with Gasteiger partial charge in [-0.25, -0.2) is 4.39 Å². The van der Waals surface area contributed by atoms with Crippen molar-refractivity contribution in [3.05, 3.63) is 59.4 Å². The molecule has 1 heterocycles. The number of halogens is 1. The summed E-state index contributed by atoms with van der Waals surface area (Å²) in [5.41, 5.74) is 2.70. The van der Waals surface area contributed by atoms with E-state index in [0.29, 0.717) is 12.1 Å². The van der Waals surface area contributed by atoms with E-state index in [-0.39, 0.29) is 18.5 Å². The molecular formula is C23H31FN4O2. The molecule has 1 unspecified atom stereocenters. The number of methoxy groups -OCH3 is 2. The van der Waals surface area contributed by atoms with Gasteiger partial charge in [0.2, 0.25) is 0 Å². The van der Waals surface area contributed by atoms with Gasteiger partial charge in [-0.2, -0.15) is 0 Å². The summed E-state index contributed by atoms with van der Waals surface area (Å²) >= 11 is 0. The Kier molecular flexibility index (Phi) is 7.90. The van der Waals surface area contributed by atoms with Crippen molar-refractivity contribution in [1.29, 1.82) is 0 Å². The van der Waals surface area contributed by atoms with E-state index >= 15 is 0 Å². The van der Waals surface area contributed by atoms with Gasteiger partial charge in [-0.15, -0.1) is 0 Å². The molecule has 0 aliphatic carbocycles. The van der Waals surface area contributed by atoms with Crippen LogP contribution in [0.5, 0.6) is 5.75 Å². The Balaban J connectivity index is 1.57. The Morgan fingerprint density at radius 2 is 2.10 bits per heavy atom. The molecule has 1 aliphatic heterocycles. The van der Waals surface area contributed by atoms with Gasteiger partial charge in [-0.1, -0.05) is 12.1 Å². The molecule has 30 heavy (non-hydrogen) atoms. The number of hydrogen-bond acceptors (Lipinski definition) is 4. The van der Waals surface area contributed by atoms with E-state index in [0.717, 1.165) is 43.2 Å². The third-order valence-corrected chi connectivity index (χ3v) is 5.27. The highest BCUT2D eigenvalue weighted by molar-refractivity contribution is 5.80. The van der Waals surface area contributed by atoms with E-state index in [2.05, 4.69) is 32.7 Å². The second-order valence-electron chi connectivity index (χ2n) is 7.42. The predicted octanol–water partition coefficient (Wildman–Crippen LogP) is 3.31. The third-order valence-electron chi connectivity index (χ3n) is 5.27. The topological polar surface area (TPSA) is 58.1 Å². The average molecular weight is 415 g/mol. The van der Waals surface area contributed by atoms with Crippen LogP contribution in [-0.4, -0.2) is 46.4 Å². The van der Waals surface area contributed by atoms with Crippen LogP contribution in [0, 0.1) is 5.82 Å². The van der Waals surface area contributed by atoms with E-state index in [1.54, 1.807) is 27.3 Å². The lowest BCUT2D eigenvalue weighted by molar-refractivity contribution is 0.181. The number of hydrogen-bond donors (Lipinski definition) is 2. The molecule has 6 nitrogen and oxygen atoms in total. The van der Waals surface area contributed by atoms with E-state index in [4.69, 9.17) is 9.47 Å². The molecular weight excluding hydrogens is 383 g/mol. The van der Waals surface area contributed by atoms with E-state index in [9.17, 15) is 4.39 Å². The van der Waals surface area contributed by atoms with Gasteiger partial charge in [-0.05, 0) is 42.7 Å². The van der Waals surface area contributed by atoms with Gasteiger partial charge in [0, 0.05) is 57.2 Å². The summed E-state index contributed by atoms with van der Waals surface area (Å²) in [5.74, 6) is 1.36. The van der Waals surface area contributed by atoms with E-state index in [1.807, 2.05) is 18.2 Å². The molecule has 0 spiro atoms. The fourth-order valence-corrected chi connectivity index (χ4v) is 3.71. The van der Waals surface area contributed by atoms with Gasteiger partial charge >= 0.3 is 0 Å². The summed E-state index contributed by atoms with van der Waals surface area (Å²) in [6.07, 6.45) is 2.18. The van der Waals surface area contributed by atoms with Gasteiger partial charge in [0.1, 0.15) is 11.6 Å². The SMILES string of the molecule is CN=C(NCc1ccc(F)c(COC)c1)NC1CCCN(c2cccc(OC)c2)C1. The smallest absolute Gasteiger partial charge is 0.191 e. The maximum absolute atomic E-state index is 13.8. The maximum atomic E-state index is 13.8. The molecule has 1 fully saturated rings. The number of guanidine groups is 1. The van der Waals surface area contributed by atoms with Crippen molar-refractivity contribution >= 4 is 11.6 Å². The molecule has 2 aromatic rings. The molecule has 0 radical (unpaired) electrons. The molecule has 1 saturated heterocycles. The fraction of sp³-hybridized carbons (Fsp3) is 0.435. The van der Waals surface area contributed by atoms with Crippen molar-refractivity contribution < 1.29 is 13.9 Å². The second-order valence-corrected chi connectivity index (χ2v) is 7.42. The van der Waals surface area contributed by atoms with Crippen LogP contribution in [-0.2, 0) is 17.9 Å². The van der Waals surface area contributed by atoms with Crippen molar-refractivity contribution in [3.8, 4) is 5.75 Å². The number of aliphatic imine (C=N–C) groups is 1. The molecule has 3 rings (SSSR count). The molecule has 0 bridgehead atoms. The highest BCUT2D eigenvalue weighted by Gasteiger charge is 2.21. The third kappa shape index (κ3) is 5.86. The van der Waals surface area contributed by atoms with Gasteiger partial charge in [-0.3, -0.25) is 4.99 Å². The van der Waals surface area contributed by atoms with Crippen LogP contribution >= 0.6 is 0 Å². The van der Waals surface area contributed by atoms with E-state index < -0.39 is 0 Å². The lowest BCUT2D eigenvalue weighted by atomic mass is 10.0. The molecule has 2 N–H and O–H groups in total. The molecule has 1 atom stereocenters. The Morgan fingerprint density at radius 1 is 1.23 bits per heavy atom. The minimum absolute atomic E-state index is 0.247. The first-order chi connectivity index (χ1) is 14.6. The van der Waals surface area contributed by atoms with Crippen LogP contribution in [0.2, 0.25) is 0 Å². The van der Waals surface area contributed by atoms with Crippen LogP contribution < -0.4 is 20.3 Å². The number of anilines is 1. The summed E-state index contributed by atoms with van der Waals surface area (Å²) in [6, 6.07) is 13.5. The Hall–Kier alpha value is -2.80. The van der Waals surface area contributed by atoms with E-state index in [1.165, 1.54) is 11.8 Å². The molecule has 0 amide bonds. The van der Waals surface area contributed by atoms with Crippen LogP contribution in [0.1, 0.15) is 24.0 Å². The monoisotopic (exact) mass is 414 g/mol. The maximum Gasteiger partial charge on any atom is 0.191 e.